The molecule has 3 amide bonds. The SMILES string of the molecule is CC(=O)Nc1ccc(NC(=O)CN2CCc3nc(NC(=O)c4cc(C)on4)sc3C2)cc1. The van der Waals surface area contributed by atoms with Crippen LogP contribution in [0.5, 0.6) is 0 Å². The maximum absolute atomic E-state index is 12.5. The van der Waals surface area contributed by atoms with E-state index in [1.54, 1.807) is 37.3 Å². The highest BCUT2D eigenvalue weighted by atomic mass is 32.1. The number of amides is 3. The summed E-state index contributed by atoms with van der Waals surface area (Å²) in [6.07, 6.45) is 0.698. The van der Waals surface area contributed by atoms with Crippen LogP contribution in [0.4, 0.5) is 16.5 Å². The van der Waals surface area contributed by atoms with E-state index in [2.05, 4.69) is 26.1 Å². The first-order chi connectivity index (χ1) is 15.4. The van der Waals surface area contributed by atoms with Gasteiger partial charge in [-0.25, -0.2) is 4.98 Å². The maximum atomic E-state index is 12.5. The minimum atomic E-state index is -0.367. The van der Waals surface area contributed by atoms with Gasteiger partial charge in [-0.15, -0.1) is 11.3 Å². The molecule has 11 heteroatoms. The third-order valence-electron chi connectivity index (χ3n) is 4.75. The number of carbonyl (C=O) groups excluding carboxylic acids is 3. The Morgan fingerprint density at radius 3 is 2.50 bits per heavy atom. The summed E-state index contributed by atoms with van der Waals surface area (Å²) in [5, 5.41) is 12.5. The fourth-order valence-corrected chi connectivity index (χ4v) is 4.36. The molecule has 2 aromatic heterocycles. The third-order valence-corrected chi connectivity index (χ3v) is 5.75. The minimum Gasteiger partial charge on any atom is -0.361 e. The van der Waals surface area contributed by atoms with Crippen molar-refractivity contribution >= 4 is 45.6 Å². The van der Waals surface area contributed by atoms with E-state index in [9.17, 15) is 14.4 Å². The van der Waals surface area contributed by atoms with Gasteiger partial charge in [0, 0.05) is 48.8 Å². The Morgan fingerprint density at radius 1 is 1.12 bits per heavy atom. The second-order valence-corrected chi connectivity index (χ2v) is 8.52. The fraction of sp³-hybridized carbons (Fsp3) is 0.286. The van der Waals surface area contributed by atoms with Gasteiger partial charge in [-0.2, -0.15) is 0 Å². The van der Waals surface area contributed by atoms with Crippen molar-refractivity contribution in [3.05, 3.63) is 52.4 Å². The van der Waals surface area contributed by atoms with Gasteiger partial charge in [-0.3, -0.25) is 24.6 Å². The van der Waals surface area contributed by atoms with E-state index in [4.69, 9.17) is 4.52 Å². The van der Waals surface area contributed by atoms with Crippen LogP contribution >= 0.6 is 11.3 Å². The second kappa shape index (κ2) is 9.28. The molecule has 1 aliphatic heterocycles. The molecule has 3 aromatic rings. The number of benzene rings is 1. The first-order valence-corrected chi connectivity index (χ1v) is 10.8. The van der Waals surface area contributed by atoms with Crippen molar-refractivity contribution in [2.45, 2.75) is 26.8 Å². The monoisotopic (exact) mass is 454 g/mol. The molecule has 0 atom stereocenters. The molecule has 0 aliphatic carbocycles. The summed E-state index contributed by atoms with van der Waals surface area (Å²) in [4.78, 5) is 43.4. The zero-order valence-corrected chi connectivity index (χ0v) is 18.4. The summed E-state index contributed by atoms with van der Waals surface area (Å²) < 4.78 is 4.93. The number of carbonyl (C=O) groups is 3. The lowest BCUT2D eigenvalue weighted by atomic mass is 10.2. The van der Waals surface area contributed by atoms with Crippen LogP contribution in [0, 0.1) is 6.92 Å². The van der Waals surface area contributed by atoms with E-state index in [-0.39, 0.29) is 30.0 Å². The summed E-state index contributed by atoms with van der Waals surface area (Å²) in [7, 11) is 0. The number of aromatic nitrogens is 2. The highest BCUT2D eigenvalue weighted by Gasteiger charge is 2.23. The van der Waals surface area contributed by atoms with Crippen LogP contribution < -0.4 is 16.0 Å². The molecule has 32 heavy (non-hydrogen) atoms. The average molecular weight is 455 g/mol. The Labute approximate surface area is 188 Å². The van der Waals surface area contributed by atoms with Crippen molar-refractivity contribution in [1.29, 1.82) is 0 Å². The molecule has 0 unspecified atom stereocenters. The predicted octanol–water partition coefficient (Wildman–Crippen LogP) is 2.65. The minimum absolute atomic E-state index is 0.125. The van der Waals surface area contributed by atoms with Gasteiger partial charge >= 0.3 is 0 Å². The number of nitrogens with one attached hydrogen (secondary N) is 3. The normalized spacial score (nSPS) is 13.3. The number of fused-ring (bicyclic) bond motifs is 1. The smallest absolute Gasteiger partial charge is 0.279 e. The number of hydrogen-bond donors (Lipinski definition) is 3. The Morgan fingerprint density at radius 2 is 1.84 bits per heavy atom. The fourth-order valence-electron chi connectivity index (χ4n) is 3.32. The number of aryl methyl sites for hydroxylation is 1. The van der Waals surface area contributed by atoms with Gasteiger partial charge in [0.05, 0.1) is 12.2 Å². The van der Waals surface area contributed by atoms with E-state index >= 15 is 0 Å². The molecular weight excluding hydrogens is 432 g/mol. The highest BCUT2D eigenvalue weighted by molar-refractivity contribution is 7.15. The molecule has 0 fully saturated rings. The molecule has 10 nitrogen and oxygen atoms in total. The second-order valence-electron chi connectivity index (χ2n) is 7.43. The van der Waals surface area contributed by atoms with Crippen molar-refractivity contribution in [3.8, 4) is 0 Å². The quantitative estimate of drug-likeness (QED) is 0.522. The van der Waals surface area contributed by atoms with Gasteiger partial charge in [0.2, 0.25) is 11.8 Å². The topological polar surface area (TPSA) is 129 Å². The lowest BCUT2D eigenvalue weighted by molar-refractivity contribution is -0.117. The summed E-state index contributed by atoms with van der Waals surface area (Å²) >= 11 is 1.40. The van der Waals surface area contributed by atoms with E-state index in [1.165, 1.54) is 18.3 Å². The molecule has 0 saturated carbocycles. The maximum Gasteiger partial charge on any atom is 0.279 e. The van der Waals surface area contributed by atoms with Crippen LogP contribution in [0.1, 0.15) is 33.7 Å². The molecular formula is C21H22N6O4S. The summed E-state index contributed by atoms with van der Waals surface area (Å²) in [5.41, 5.74) is 2.48. The van der Waals surface area contributed by atoms with Crippen molar-refractivity contribution in [2.24, 2.45) is 0 Å². The van der Waals surface area contributed by atoms with E-state index in [0.717, 1.165) is 10.6 Å². The Kier molecular flexibility index (Phi) is 6.28. The van der Waals surface area contributed by atoms with Crippen LogP contribution in [-0.2, 0) is 22.6 Å². The molecule has 1 aromatic carbocycles. The zero-order chi connectivity index (χ0) is 22.7. The summed E-state index contributed by atoms with van der Waals surface area (Å²) in [6.45, 7) is 4.68. The van der Waals surface area contributed by atoms with Crippen LogP contribution in [0.2, 0.25) is 0 Å². The average Bonchev–Trinajstić information content (AvgIpc) is 3.34. The van der Waals surface area contributed by atoms with Crippen LogP contribution in [0.15, 0.2) is 34.9 Å². The molecule has 3 heterocycles. The van der Waals surface area contributed by atoms with E-state index in [1.807, 2.05) is 4.90 Å². The standard InChI is InChI=1S/C21H22N6O4S/c1-12-9-17(26-31-12)20(30)25-21-24-16-7-8-27(10-18(16)32-21)11-19(29)23-15-5-3-14(4-6-15)22-13(2)28/h3-6,9H,7-8,10-11H2,1-2H3,(H,22,28)(H,23,29)(H,24,25,30). The van der Waals surface area contributed by atoms with Gasteiger partial charge in [0.1, 0.15) is 5.76 Å². The molecule has 4 rings (SSSR count). The molecule has 1 aliphatic rings. The summed E-state index contributed by atoms with van der Waals surface area (Å²) in [5.74, 6) is -0.0784. The van der Waals surface area contributed by atoms with E-state index < -0.39 is 0 Å². The van der Waals surface area contributed by atoms with Gasteiger partial charge < -0.3 is 15.2 Å². The lowest BCUT2D eigenvalue weighted by Crippen LogP contribution is -2.36. The number of anilines is 3. The van der Waals surface area contributed by atoms with E-state index in [0.29, 0.717) is 41.8 Å². The molecule has 166 valence electrons. The van der Waals surface area contributed by atoms with Crippen LogP contribution in [0.25, 0.3) is 0 Å². The Hall–Kier alpha value is -3.57. The predicted molar refractivity (Wildman–Crippen MR) is 120 cm³/mol. The van der Waals surface area contributed by atoms with Crippen LogP contribution in [-0.4, -0.2) is 45.9 Å². The molecule has 0 saturated heterocycles. The first-order valence-electron chi connectivity index (χ1n) is 9.99. The van der Waals surface area contributed by atoms with Gasteiger partial charge in [-0.1, -0.05) is 5.16 Å². The number of nitrogens with zero attached hydrogens (tertiary/aromatic N) is 3. The van der Waals surface area contributed by atoms with Gasteiger partial charge in [0.25, 0.3) is 5.91 Å². The molecule has 0 bridgehead atoms. The van der Waals surface area contributed by atoms with Crippen molar-refractivity contribution < 1.29 is 18.9 Å². The number of thiazole rings is 1. The van der Waals surface area contributed by atoms with Crippen LogP contribution in [0.3, 0.4) is 0 Å². The molecule has 3 N–H and O–H groups in total. The molecule has 0 radical (unpaired) electrons. The zero-order valence-electron chi connectivity index (χ0n) is 17.6. The third kappa shape index (κ3) is 5.37. The van der Waals surface area contributed by atoms with Crippen molar-refractivity contribution in [3.63, 3.8) is 0 Å². The molecule has 0 spiro atoms. The number of hydrogen-bond acceptors (Lipinski definition) is 8. The summed E-state index contributed by atoms with van der Waals surface area (Å²) in [6, 6.07) is 8.52. The number of rotatable bonds is 6. The Balaban J connectivity index is 1.30. The lowest BCUT2D eigenvalue weighted by Gasteiger charge is -2.25. The highest BCUT2D eigenvalue weighted by Crippen LogP contribution is 2.28. The van der Waals surface area contributed by atoms with Crippen molar-refractivity contribution in [2.75, 3.05) is 29.0 Å². The van der Waals surface area contributed by atoms with Gasteiger partial charge in [-0.05, 0) is 31.2 Å². The first kappa shape index (κ1) is 21.7. The largest absolute Gasteiger partial charge is 0.361 e. The Bertz CT molecular complexity index is 1150. The van der Waals surface area contributed by atoms with Crippen molar-refractivity contribution in [1.82, 2.24) is 15.0 Å². The van der Waals surface area contributed by atoms with Gasteiger partial charge in [0.15, 0.2) is 10.8 Å².